The molecular weight excluding hydrogens is 685 g/mol. The summed E-state index contributed by atoms with van der Waals surface area (Å²) in [6, 6.07) is 8.04. The zero-order valence-electron chi connectivity index (χ0n) is 32.0. The summed E-state index contributed by atoms with van der Waals surface area (Å²) in [6.45, 7) is 15.3. The van der Waals surface area contributed by atoms with Crippen molar-refractivity contribution in [3.8, 4) is 0 Å². The van der Waals surface area contributed by atoms with Crippen molar-refractivity contribution in [3.63, 3.8) is 0 Å². The Hall–Kier alpha value is -3.41. The molecule has 0 amide bonds. The van der Waals surface area contributed by atoms with Gasteiger partial charge in [0, 0.05) is 49.8 Å². The molecule has 0 spiro atoms. The molecule has 0 radical (unpaired) electrons. The molecule has 11 atom stereocenters. The predicted molar refractivity (Wildman–Crippen MR) is 197 cm³/mol. The van der Waals surface area contributed by atoms with E-state index >= 15 is 0 Å². The number of aliphatic hydroxyl groups is 1. The quantitative estimate of drug-likeness (QED) is 0.136. The van der Waals surface area contributed by atoms with Crippen LogP contribution in [-0.2, 0) is 42.9 Å². The van der Waals surface area contributed by atoms with E-state index in [1.54, 1.807) is 18.7 Å². The predicted octanol–water partition coefficient (Wildman–Crippen LogP) is 6.49. The number of rotatable bonds is 8. The molecule has 10 nitrogen and oxygen atoms in total. The highest BCUT2D eigenvalue weighted by molar-refractivity contribution is 7.98. The van der Waals surface area contributed by atoms with Crippen molar-refractivity contribution >= 4 is 41.2 Å². The summed E-state index contributed by atoms with van der Waals surface area (Å²) >= 11 is 1.63. The van der Waals surface area contributed by atoms with Crippen LogP contribution in [0.2, 0.25) is 0 Å². The number of esters is 4. The fourth-order valence-electron chi connectivity index (χ4n) is 10.7. The second-order valence-corrected chi connectivity index (χ2v) is 16.4. The Balaban J connectivity index is 1.83. The third-order valence-corrected chi connectivity index (χ3v) is 13.4. The first-order valence-electron chi connectivity index (χ1n) is 18.0. The van der Waals surface area contributed by atoms with Crippen LogP contribution >= 0.6 is 11.8 Å². The fraction of sp³-hybridized carbons (Fsp3) is 0.610. The van der Waals surface area contributed by atoms with E-state index in [-0.39, 0.29) is 13.2 Å². The minimum Gasteiger partial charge on any atom is -0.462 e. The van der Waals surface area contributed by atoms with Gasteiger partial charge in [-0.15, -0.1) is 11.8 Å². The molecule has 1 aromatic rings. The average Bonchev–Trinajstić information content (AvgIpc) is 3.29. The Labute approximate surface area is 311 Å². The number of allylic oxidation sites excluding steroid dienone is 2. The molecule has 0 aromatic heterocycles. The highest BCUT2D eigenvalue weighted by Crippen LogP contribution is 2.72. The molecule has 0 saturated heterocycles. The lowest BCUT2D eigenvalue weighted by atomic mass is 9.36. The van der Waals surface area contributed by atoms with Crippen molar-refractivity contribution in [1.82, 2.24) is 0 Å². The molecule has 5 rings (SSSR count). The Morgan fingerprint density at radius 3 is 2.25 bits per heavy atom. The van der Waals surface area contributed by atoms with Gasteiger partial charge in [-0.25, -0.2) is 0 Å². The molecule has 1 heterocycles. The topological polar surface area (TPSA) is 135 Å². The monoisotopic (exact) mass is 738 g/mol. The van der Waals surface area contributed by atoms with Crippen LogP contribution < -0.4 is 0 Å². The van der Waals surface area contributed by atoms with Crippen LogP contribution in [0.15, 0.2) is 59.0 Å². The van der Waals surface area contributed by atoms with Gasteiger partial charge >= 0.3 is 23.9 Å². The van der Waals surface area contributed by atoms with Gasteiger partial charge in [-0.2, -0.15) is 0 Å². The number of carbonyl (C=O) groups excluding carboxylic acids is 4. The summed E-state index contributed by atoms with van der Waals surface area (Å²) in [5.74, 6) is -3.83. The van der Waals surface area contributed by atoms with Crippen molar-refractivity contribution in [2.45, 2.75) is 110 Å². The van der Waals surface area contributed by atoms with Gasteiger partial charge in [-0.1, -0.05) is 44.2 Å². The summed E-state index contributed by atoms with van der Waals surface area (Å²) in [6.07, 6.45) is 6.88. The molecule has 4 unspecified atom stereocenters. The SMILES string of the molecule is CSc1ccccc1/C(C)=C\[C@]1(O)C(C)=C[C@@H](OC(C)=O)[C@]2(C)C3[C@H](OC(C)=O)[C@H](OC(C)=O)[C@@]4(C(C)OC(C)=O)COCC=CC4[C@]3(C)CCC21. The van der Waals surface area contributed by atoms with E-state index in [1.807, 2.05) is 69.5 Å². The molecule has 11 heteroatoms. The molecule has 1 aromatic carbocycles. The second kappa shape index (κ2) is 14.8. The highest BCUT2D eigenvalue weighted by Gasteiger charge is 2.76. The number of carbonyl (C=O) groups is 4. The first kappa shape index (κ1) is 39.8. The third-order valence-electron chi connectivity index (χ3n) is 12.6. The maximum absolute atomic E-state index is 13.2. The number of benzene rings is 1. The molecular formula is C41H54O10S. The van der Waals surface area contributed by atoms with Gasteiger partial charge in [0.05, 0.1) is 18.6 Å². The number of fused-ring (bicyclic) bond motifs is 5. The standard InChI is InChI=1S/C41H54O10S/c1-23(30-14-11-12-15-31(30)52-10)21-41(46)24(2)20-34(49-27(5)43)39(9)33(41)17-18-38(8)32-16-13-19-47-22-40(32,25(3)48-26(4)42)37(51-29(7)45)35(36(38)39)50-28(6)44/h11-16,20-21,25,32-37,46H,17-19,22H2,1-10H3/b23-21-/t25?,32?,33?,34-,35+,36?,37+,38+,39-,40-,41+/m1/s1. The van der Waals surface area contributed by atoms with Gasteiger partial charge in [0.15, 0.2) is 6.10 Å². The number of hydrogen-bond acceptors (Lipinski definition) is 11. The van der Waals surface area contributed by atoms with Crippen molar-refractivity contribution < 1.29 is 48.0 Å². The first-order valence-corrected chi connectivity index (χ1v) is 19.3. The van der Waals surface area contributed by atoms with E-state index in [0.717, 1.165) is 16.0 Å². The van der Waals surface area contributed by atoms with E-state index in [1.165, 1.54) is 27.7 Å². The smallest absolute Gasteiger partial charge is 0.303 e. The van der Waals surface area contributed by atoms with Crippen molar-refractivity contribution in [2.24, 2.45) is 34.0 Å². The molecule has 4 aliphatic rings. The van der Waals surface area contributed by atoms with Crippen molar-refractivity contribution in [3.05, 3.63) is 59.7 Å². The van der Waals surface area contributed by atoms with Gasteiger partial charge in [-0.05, 0) is 86.1 Å². The number of ether oxygens (including phenoxy) is 5. The Morgan fingerprint density at radius 2 is 1.63 bits per heavy atom. The normalized spacial score (nSPS) is 37.5. The van der Waals surface area contributed by atoms with E-state index in [9.17, 15) is 24.3 Å². The van der Waals surface area contributed by atoms with Crippen LogP contribution in [0.3, 0.4) is 0 Å². The summed E-state index contributed by atoms with van der Waals surface area (Å²) in [7, 11) is 0. The number of hydrogen-bond donors (Lipinski definition) is 1. The zero-order chi connectivity index (χ0) is 38.4. The van der Waals surface area contributed by atoms with Crippen molar-refractivity contribution in [2.75, 3.05) is 19.5 Å². The molecule has 284 valence electrons. The molecule has 2 fully saturated rings. The maximum atomic E-state index is 13.2. The van der Waals surface area contributed by atoms with Gasteiger partial charge in [0.1, 0.15) is 23.9 Å². The van der Waals surface area contributed by atoms with Crippen LogP contribution in [0, 0.1) is 34.0 Å². The van der Waals surface area contributed by atoms with Crippen LogP contribution in [0.4, 0.5) is 0 Å². The Morgan fingerprint density at radius 1 is 0.981 bits per heavy atom. The van der Waals surface area contributed by atoms with Crippen LogP contribution in [-0.4, -0.2) is 78.5 Å². The van der Waals surface area contributed by atoms with Gasteiger partial charge < -0.3 is 28.8 Å². The molecule has 0 bridgehead atoms. The van der Waals surface area contributed by atoms with Crippen LogP contribution in [0.25, 0.3) is 5.57 Å². The van der Waals surface area contributed by atoms with Gasteiger partial charge in [-0.3, -0.25) is 19.2 Å². The minimum atomic E-state index is -1.50. The summed E-state index contributed by atoms with van der Waals surface area (Å²) in [4.78, 5) is 52.8. The zero-order valence-corrected chi connectivity index (χ0v) is 32.8. The third kappa shape index (κ3) is 6.55. The second-order valence-electron chi connectivity index (χ2n) is 15.6. The van der Waals surface area contributed by atoms with Gasteiger partial charge in [0.2, 0.25) is 0 Å². The molecule has 2 saturated carbocycles. The summed E-state index contributed by atoms with van der Waals surface area (Å²) in [5.41, 5.74) is -1.98. The fourth-order valence-corrected chi connectivity index (χ4v) is 11.4. The summed E-state index contributed by atoms with van der Waals surface area (Å²) in [5, 5.41) is 13.1. The highest BCUT2D eigenvalue weighted by atomic mass is 32.2. The minimum absolute atomic E-state index is 0.0460. The lowest BCUT2D eigenvalue weighted by molar-refractivity contribution is -0.301. The van der Waals surface area contributed by atoms with Crippen LogP contribution in [0.1, 0.15) is 80.7 Å². The van der Waals surface area contributed by atoms with Crippen molar-refractivity contribution in [1.29, 1.82) is 0 Å². The Kier molecular flexibility index (Phi) is 11.3. The molecule has 3 aliphatic carbocycles. The van der Waals surface area contributed by atoms with E-state index < -0.39 is 87.9 Å². The number of thioether (sulfide) groups is 1. The molecule has 1 N–H and O–H groups in total. The summed E-state index contributed by atoms with van der Waals surface area (Å²) < 4.78 is 30.9. The lowest BCUT2D eigenvalue weighted by Gasteiger charge is -2.70. The Bertz CT molecular complexity index is 1680. The largest absolute Gasteiger partial charge is 0.462 e. The van der Waals surface area contributed by atoms with E-state index in [4.69, 9.17) is 23.7 Å². The van der Waals surface area contributed by atoms with E-state index in [0.29, 0.717) is 18.4 Å². The molecule has 1 aliphatic heterocycles. The van der Waals surface area contributed by atoms with E-state index in [2.05, 4.69) is 13.0 Å². The van der Waals surface area contributed by atoms with Gasteiger partial charge in [0.25, 0.3) is 0 Å². The molecule has 52 heavy (non-hydrogen) atoms. The lowest BCUT2D eigenvalue weighted by Crippen LogP contribution is -2.76. The average molecular weight is 739 g/mol. The maximum Gasteiger partial charge on any atom is 0.303 e. The van der Waals surface area contributed by atoms with Crippen LogP contribution in [0.5, 0.6) is 0 Å². The first-order chi connectivity index (χ1) is 24.4.